The van der Waals surface area contributed by atoms with E-state index < -0.39 is 0 Å². The number of benzene rings is 1. The first kappa shape index (κ1) is 10.0. The molecular weight excluding hydrogens is 192 g/mol. The van der Waals surface area contributed by atoms with E-state index in [2.05, 4.69) is 38.1 Å². The van der Waals surface area contributed by atoms with Crippen LogP contribution in [0.3, 0.4) is 0 Å². The molecule has 1 aromatic rings. The number of alkyl halides is 1. The molecule has 2 atom stereocenters. The molecule has 2 rings (SSSR count). The van der Waals surface area contributed by atoms with Crippen LogP contribution in [-0.2, 0) is 5.41 Å². The zero-order valence-corrected chi connectivity index (χ0v) is 9.64. The van der Waals surface area contributed by atoms with Crippen LogP contribution in [0, 0.1) is 6.92 Å². The molecule has 0 N–H and O–H groups in total. The molecule has 0 spiro atoms. The van der Waals surface area contributed by atoms with E-state index in [0.717, 1.165) is 12.8 Å². The average Bonchev–Trinajstić information content (AvgIpc) is 2.48. The lowest BCUT2D eigenvalue weighted by Crippen LogP contribution is -2.17. The van der Waals surface area contributed by atoms with E-state index in [1.807, 2.05) is 0 Å². The summed E-state index contributed by atoms with van der Waals surface area (Å²) in [6, 6.07) is 8.84. The standard InChI is InChI=1S/C13H17Cl/c1-10-4-3-5-11(8-10)13(2)7-6-12(14)9-13/h3-5,8,12H,6-7,9H2,1-2H3. The van der Waals surface area contributed by atoms with Gasteiger partial charge >= 0.3 is 0 Å². The number of aryl methyl sites for hydroxylation is 1. The summed E-state index contributed by atoms with van der Waals surface area (Å²) in [6.07, 6.45) is 3.51. The van der Waals surface area contributed by atoms with Crippen LogP contribution in [0.2, 0.25) is 0 Å². The van der Waals surface area contributed by atoms with Crippen molar-refractivity contribution >= 4 is 11.6 Å². The predicted molar refractivity (Wildman–Crippen MR) is 62.0 cm³/mol. The second-order valence-electron chi connectivity index (χ2n) is 4.77. The summed E-state index contributed by atoms with van der Waals surface area (Å²) in [7, 11) is 0. The first-order valence-corrected chi connectivity index (χ1v) is 5.75. The summed E-state index contributed by atoms with van der Waals surface area (Å²) in [4.78, 5) is 0. The maximum Gasteiger partial charge on any atom is 0.0344 e. The topological polar surface area (TPSA) is 0 Å². The fourth-order valence-corrected chi connectivity index (χ4v) is 2.90. The Kier molecular flexibility index (Phi) is 2.57. The van der Waals surface area contributed by atoms with Gasteiger partial charge in [0, 0.05) is 5.38 Å². The van der Waals surface area contributed by atoms with E-state index in [1.54, 1.807) is 0 Å². The molecule has 0 aliphatic heterocycles. The Morgan fingerprint density at radius 3 is 2.79 bits per heavy atom. The Morgan fingerprint density at radius 1 is 1.43 bits per heavy atom. The summed E-state index contributed by atoms with van der Waals surface area (Å²) in [5, 5.41) is 0.375. The fourth-order valence-electron chi connectivity index (χ4n) is 2.45. The van der Waals surface area contributed by atoms with E-state index in [4.69, 9.17) is 11.6 Å². The average molecular weight is 209 g/mol. The third kappa shape index (κ3) is 1.81. The highest BCUT2D eigenvalue weighted by Crippen LogP contribution is 2.42. The minimum absolute atomic E-state index is 0.318. The highest BCUT2D eigenvalue weighted by Gasteiger charge is 2.35. The molecule has 0 amide bonds. The largest absolute Gasteiger partial charge is 0.123 e. The third-order valence-electron chi connectivity index (χ3n) is 3.40. The lowest BCUT2D eigenvalue weighted by molar-refractivity contribution is 0.492. The molecule has 0 saturated heterocycles. The highest BCUT2D eigenvalue weighted by atomic mass is 35.5. The third-order valence-corrected chi connectivity index (χ3v) is 3.77. The van der Waals surface area contributed by atoms with Gasteiger partial charge in [-0.05, 0) is 37.2 Å². The zero-order valence-electron chi connectivity index (χ0n) is 8.89. The predicted octanol–water partition coefficient (Wildman–Crippen LogP) is 4.04. The Labute approximate surface area is 91.3 Å². The van der Waals surface area contributed by atoms with Crippen molar-refractivity contribution in [3.63, 3.8) is 0 Å². The van der Waals surface area contributed by atoms with Crippen LogP contribution in [0.4, 0.5) is 0 Å². The van der Waals surface area contributed by atoms with Crippen LogP contribution in [0.25, 0.3) is 0 Å². The van der Waals surface area contributed by atoms with E-state index in [0.29, 0.717) is 10.8 Å². The molecule has 1 aliphatic rings. The smallest absolute Gasteiger partial charge is 0.0344 e. The van der Waals surface area contributed by atoms with Gasteiger partial charge in [-0.2, -0.15) is 0 Å². The van der Waals surface area contributed by atoms with Gasteiger partial charge in [0.05, 0.1) is 0 Å². The van der Waals surface area contributed by atoms with Gasteiger partial charge in [-0.25, -0.2) is 0 Å². The molecule has 0 radical (unpaired) electrons. The molecule has 14 heavy (non-hydrogen) atoms. The van der Waals surface area contributed by atoms with Crippen LogP contribution >= 0.6 is 11.6 Å². The number of hydrogen-bond donors (Lipinski definition) is 0. The van der Waals surface area contributed by atoms with Crippen molar-refractivity contribution in [2.24, 2.45) is 0 Å². The highest BCUT2D eigenvalue weighted by molar-refractivity contribution is 6.20. The van der Waals surface area contributed by atoms with Gasteiger partial charge in [0.15, 0.2) is 0 Å². The maximum absolute atomic E-state index is 6.19. The molecule has 1 fully saturated rings. The normalized spacial score (nSPS) is 32.1. The van der Waals surface area contributed by atoms with Gasteiger partial charge in [-0.15, -0.1) is 11.6 Å². The van der Waals surface area contributed by atoms with Gasteiger partial charge in [-0.1, -0.05) is 36.8 Å². The lowest BCUT2D eigenvalue weighted by atomic mass is 9.80. The minimum atomic E-state index is 0.318. The zero-order chi connectivity index (χ0) is 10.2. The van der Waals surface area contributed by atoms with Gasteiger partial charge in [0.25, 0.3) is 0 Å². The molecule has 0 bridgehead atoms. The summed E-state index contributed by atoms with van der Waals surface area (Å²) < 4.78 is 0. The van der Waals surface area contributed by atoms with E-state index >= 15 is 0 Å². The first-order chi connectivity index (χ1) is 6.60. The van der Waals surface area contributed by atoms with Crippen LogP contribution in [-0.4, -0.2) is 5.38 Å². The lowest BCUT2D eigenvalue weighted by Gasteiger charge is -2.24. The molecule has 1 heteroatoms. The fraction of sp³-hybridized carbons (Fsp3) is 0.538. The molecule has 2 unspecified atom stereocenters. The Balaban J connectivity index is 2.30. The summed E-state index contributed by atoms with van der Waals surface area (Å²) in [5.74, 6) is 0. The van der Waals surface area contributed by atoms with E-state index in [1.165, 1.54) is 17.5 Å². The van der Waals surface area contributed by atoms with Crippen molar-refractivity contribution in [2.75, 3.05) is 0 Å². The first-order valence-electron chi connectivity index (χ1n) is 5.31. The minimum Gasteiger partial charge on any atom is -0.123 e. The van der Waals surface area contributed by atoms with Gasteiger partial charge in [0.2, 0.25) is 0 Å². The quantitative estimate of drug-likeness (QED) is 0.611. The molecule has 1 saturated carbocycles. The molecule has 1 aliphatic carbocycles. The number of hydrogen-bond acceptors (Lipinski definition) is 0. The van der Waals surface area contributed by atoms with Crippen LogP contribution < -0.4 is 0 Å². The summed E-state index contributed by atoms with van der Waals surface area (Å²) >= 11 is 6.19. The molecule has 76 valence electrons. The molecule has 1 aromatic carbocycles. The molecule has 0 aromatic heterocycles. The second kappa shape index (κ2) is 3.58. The molecule has 0 nitrogen and oxygen atoms in total. The molecular formula is C13H17Cl. The Bertz CT molecular complexity index is 332. The van der Waals surface area contributed by atoms with Crippen molar-refractivity contribution in [1.29, 1.82) is 0 Å². The van der Waals surface area contributed by atoms with Crippen molar-refractivity contribution in [1.82, 2.24) is 0 Å². The van der Waals surface area contributed by atoms with Crippen molar-refractivity contribution in [3.8, 4) is 0 Å². The van der Waals surface area contributed by atoms with Crippen LogP contribution in [0.15, 0.2) is 24.3 Å². The SMILES string of the molecule is Cc1cccc(C2(C)CCC(Cl)C2)c1. The van der Waals surface area contributed by atoms with Gasteiger partial charge < -0.3 is 0 Å². The van der Waals surface area contributed by atoms with E-state index in [-0.39, 0.29) is 0 Å². The van der Waals surface area contributed by atoms with Gasteiger partial charge in [0.1, 0.15) is 0 Å². The molecule has 0 heterocycles. The van der Waals surface area contributed by atoms with Crippen molar-refractivity contribution in [3.05, 3.63) is 35.4 Å². The van der Waals surface area contributed by atoms with Crippen molar-refractivity contribution in [2.45, 2.75) is 43.9 Å². The Hall–Kier alpha value is -0.490. The van der Waals surface area contributed by atoms with E-state index in [9.17, 15) is 0 Å². The summed E-state index contributed by atoms with van der Waals surface area (Å²) in [5.41, 5.74) is 3.13. The Morgan fingerprint density at radius 2 is 2.21 bits per heavy atom. The van der Waals surface area contributed by atoms with Gasteiger partial charge in [-0.3, -0.25) is 0 Å². The monoisotopic (exact) mass is 208 g/mol. The number of rotatable bonds is 1. The van der Waals surface area contributed by atoms with Crippen LogP contribution in [0.1, 0.15) is 37.3 Å². The maximum atomic E-state index is 6.19. The summed E-state index contributed by atoms with van der Waals surface area (Å²) in [6.45, 7) is 4.49. The number of halogens is 1. The van der Waals surface area contributed by atoms with Crippen molar-refractivity contribution < 1.29 is 0 Å². The van der Waals surface area contributed by atoms with Crippen LogP contribution in [0.5, 0.6) is 0 Å². The second-order valence-corrected chi connectivity index (χ2v) is 5.39.